The Morgan fingerprint density at radius 3 is 2.52 bits per heavy atom. The van der Waals surface area contributed by atoms with Crippen molar-refractivity contribution >= 4 is 17.9 Å². The third kappa shape index (κ3) is 7.47. The van der Waals surface area contributed by atoms with Gasteiger partial charge in [-0.2, -0.15) is 0 Å². The van der Waals surface area contributed by atoms with Crippen molar-refractivity contribution in [3.63, 3.8) is 0 Å². The lowest BCUT2D eigenvalue weighted by Gasteiger charge is -2.26. The summed E-state index contributed by atoms with van der Waals surface area (Å²) in [4.78, 5) is 35.3. The Morgan fingerprint density at radius 1 is 1.29 bits per heavy atom. The van der Waals surface area contributed by atoms with Crippen LogP contribution in [0.25, 0.3) is 0 Å². The molecule has 1 aliphatic heterocycles. The fourth-order valence-corrected chi connectivity index (χ4v) is 1.94. The zero-order valence-electron chi connectivity index (χ0n) is 11.8. The molecular formula is C12H22N4O5. The third-order valence-corrected chi connectivity index (χ3v) is 3.05. The molecule has 1 heterocycles. The third-order valence-electron chi connectivity index (χ3n) is 3.05. The number of hydrogen-bond acceptors (Lipinski definition) is 5. The highest BCUT2D eigenvalue weighted by atomic mass is 16.5. The molecule has 0 aromatic heterocycles. The number of hydrogen-bond donors (Lipinski definition) is 4. The molecule has 0 radical (unpaired) electrons. The van der Waals surface area contributed by atoms with E-state index in [9.17, 15) is 14.4 Å². The van der Waals surface area contributed by atoms with Gasteiger partial charge in [0.1, 0.15) is 6.04 Å². The van der Waals surface area contributed by atoms with Gasteiger partial charge in [0.2, 0.25) is 5.91 Å². The van der Waals surface area contributed by atoms with Crippen LogP contribution in [0.3, 0.4) is 0 Å². The lowest BCUT2D eigenvalue weighted by Crippen LogP contribution is -2.48. The van der Waals surface area contributed by atoms with Crippen LogP contribution in [0.4, 0.5) is 4.79 Å². The summed E-state index contributed by atoms with van der Waals surface area (Å²) >= 11 is 0. The normalized spacial score (nSPS) is 17.0. The van der Waals surface area contributed by atoms with Crippen LogP contribution in [-0.4, -0.2) is 73.3 Å². The first-order valence-electron chi connectivity index (χ1n) is 6.84. The molecule has 1 fully saturated rings. The van der Waals surface area contributed by atoms with E-state index in [1.807, 2.05) is 0 Å². The van der Waals surface area contributed by atoms with E-state index >= 15 is 0 Å². The first-order chi connectivity index (χ1) is 9.99. The predicted molar refractivity (Wildman–Crippen MR) is 73.6 cm³/mol. The fraction of sp³-hybridized carbons (Fsp3) is 0.750. The number of carboxylic acid groups (broad SMARTS) is 1. The summed E-state index contributed by atoms with van der Waals surface area (Å²) in [6, 6.07) is -1.92. The number of nitrogens with two attached hydrogens (primary N) is 1. The zero-order chi connectivity index (χ0) is 15.7. The minimum Gasteiger partial charge on any atom is -0.480 e. The minimum atomic E-state index is -1.30. The Hall–Kier alpha value is -1.87. The Labute approximate surface area is 122 Å². The van der Waals surface area contributed by atoms with Crippen molar-refractivity contribution < 1.29 is 24.2 Å². The summed E-state index contributed by atoms with van der Waals surface area (Å²) in [7, 11) is 0. The van der Waals surface area contributed by atoms with Crippen molar-refractivity contribution in [2.45, 2.75) is 18.9 Å². The van der Waals surface area contributed by atoms with Crippen molar-refractivity contribution in [3.8, 4) is 0 Å². The Bertz CT molecular complexity index is 371. The van der Waals surface area contributed by atoms with Gasteiger partial charge in [0, 0.05) is 19.6 Å². The molecule has 0 aromatic carbocycles. The smallest absolute Gasteiger partial charge is 0.326 e. The first-order valence-corrected chi connectivity index (χ1v) is 6.84. The summed E-state index contributed by atoms with van der Waals surface area (Å²) < 4.78 is 5.23. The van der Waals surface area contributed by atoms with E-state index in [-0.39, 0.29) is 0 Å². The van der Waals surface area contributed by atoms with Crippen LogP contribution in [0.2, 0.25) is 0 Å². The number of urea groups is 1. The van der Waals surface area contributed by atoms with E-state index in [2.05, 4.69) is 15.5 Å². The standard InChI is InChI=1S/C12H22N4O5/c13-10(17)8-9(11(18)19)15-12(20)14-2-1-3-16-4-6-21-7-5-16/h9H,1-8H2,(H2,13,17)(H,18,19)(H2,14,15,20)/t9-/m0/s1. The maximum Gasteiger partial charge on any atom is 0.326 e. The van der Waals surface area contributed by atoms with Crippen LogP contribution in [0.1, 0.15) is 12.8 Å². The van der Waals surface area contributed by atoms with Gasteiger partial charge < -0.3 is 26.2 Å². The Kier molecular flexibility index (Phi) is 7.48. The van der Waals surface area contributed by atoms with Crippen molar-refractivity contribution in [1.82, 2.24) is 15.5 Å². The van der Waals surface area contributed by atoms with Gasteiger partial charge in [0.15, 0.2) is 0 Å². The van der Waals surface area contributed by atoms with Gasteiger partial charge in [-0.1, -0.05) is 0 Å². The topological polar surface area (TPSA) is 134 Å². The SMILES string of the molecule is NC(=O)C[C@H](NC(=O)NCCCN1CCOCC1)C(=O)O. The average molecular weight is 302 g/mol. The van der Waals surface area contributed by atoms with Crippen LogP contribution < -0.4 is 16.4 Å². The molecular weight excluding hydrogens is 280 g/mol. The molecule has 9 heteroatoms. The van der Waals surface area contributed by atoms with Gasteiger partial charge in [-0.25, -0.2) is 9.59 Å². The summed E-state index contributed by atoms with van der Waals surface area (Å²) in [6.07, 6.45) is 0.317. The van der Waals surface area contributed by atoms with Crippen molar-refractivity contribution in [1.29, 1.82) is 0 Å². The Balaban J connectivity index is 2.16. The van der Waals surface area contributed by atoms with Crippen LogP contribution in [0.15, 0.2) is 0 Å². The van der Waals surface area contributed by atoms with E-state index in [0.717, 1.165) is 39.3 Å². The number of nitrogens with zero attached hydrogens (tertiary/aromatic N) is 1. The second-order valence-electron chi connectivity index (χ2n) is 4.77. The van der Waals surface area contributed by atoms with Crippen LogP contribution in [0.5, 0.6) is 0 Å². The largest absolute Gasteiger partial charge is 0.480 e. The molecule has 1 rings (SSSR count). The highest BCUT2D eigenvalue weighted by molar-refractivity contribution is 5.87. The molecule has 0 unspecified atom stereocenters. The molecule has 0 aromatic rings. The number of carbonyl (C=O) groups is 3. The lowest BCUT2D eigenvalue weighted by atomic mass is 10.2. The van der Waals surface area contributed by atoms with Crippen LogP contribution >= 0.6 is 0 Å². The van der Waals surface area contributed by atoms with Gasteiger partial charge in [0.25, 0.3) is 0 Å². The number of rotatable bonds is 8. The van der Waals surface area contributed by atoms with Gasteiger partial charge in [-0.05, 0) is 13.0 Å². The molecule has 0 saturated carbocycles. The van der Waals surface area contributed by atoms with E-state index in [0.29, 0.717) is 6.54 Å². The molecule has 1 atom stereocenters. The quantitative estimate of drug-likeness (QED) is 0.396. The number of aliphatic carboxylic acids is 1. The molecule has 1 aliphatic rings. The number of primary amides is 1. The van der Waals surface area contributed by atoms with Crippen molar-refractivity contribution in [2.24, 2.45) is 5.73 Å². The number of ether oxygens (including phenoxy) is 1. The zero-order valence-corrected chi connectivity index (χ0v) is 11.8. The summed E-state index contributed by atoms with van der Waals surface area (Å²) in [5.41, 5.74) is 4.92. The molecule has 9 nitrogen and oxygen atoms in total. The van der Waals surface area contributed by atoms with Crippen LogP contribution in [0, 0.1) is 0 Å². The molecule has 0 spiro atoms. The number of nitrogens with one attached hydrogen (secondary N) is 2. The predicted octanol–water partition coefficient (Wildman–Crippen LogP) is -1.66. The minimum absolute atomic E-state index is 0.423. The van der Waals surface area contributed by atoms with E-state index in [1.54, 1.807) is 0 Å². The van der Waals surface area contributed by atoms with E-state index < -0.39 is 30.4 Å². The molecule has 0 bridgehead atoms. The van der Waals surface area contributed by atoms with Gasteiger partial charge in [-0.3, -0.25) is 9.69 Å². The summed E-state index contributed by atoms with van der Waals surface area (Å²) in [5, 5.41) is 13.6. The monoisotopic (exact) mass is 302 g/mol. The number of carboxylic acids is 1. The number of morpholine rings is 1. The highest BCUT2D eigenvalue weighted by Gasteiger charge is 2.21. The van der Waals surface area contributed by atoms with Gasteiger partial charge >= 0.3 is 12.0 Å². The Morgan fingerprint density at radius 2 is 1.95 bits per heavy atom. The van der Waals surface area contributed by atoms with Crippen molar-refractivity contribution in [3.05, 3.63) is 0 Å². The van der Waals surface area contributed by atoms with Gasteiger partial charge in [-0.15, -0.1) is 0 Å². The molecule has 120 valence electrons. The van der Waals surface area contributed by atoms with Crippen molar-refractivity contribution in [2.75, 3.05) is 39.4 Å². The number of carbonyl (C=O) groups excluding carboxylic acids is 2. The molecule has 0 aliphatic carbocycles. The highest BCUT2D eigenvalue weighted by Crippen LogP contribution is 1.97. The molecule has 21 heavy (non-hydrogen) atoms. The van der Waals surface area contributed by atoms with E-state index in [1.165, 1.54) is 0 Å². The average Bonchev–Trinajstić information content (AvgIpc) is 2.43. The maximum absolute atomic E-state index is 11.5. The lowest BCUT2D eigenvalue weighted by molar-refractivity contribution is -0.140. The summed E-state index contributed by atoms with van der Waals surface area (Å²) in [6.45, 7) is 4.47. The van der Waals surface area contributed by atoms with E-state index in [4.69, 9.17) is 15.6 Å². The fourth-order valence-electron chi connectivity index (χ4n) is 1.94. The second kappa shape index (κ2) is 9.14. The molecule has 5 N–H and O–H groups in total. The second-order valence-corrected chi connectivity index (χ2v) is 4.77. The maximum atomic E-state index is 11.5. The summed E-state index contributed by atoms with van der Waals surface area (Å²) in [5.74, 6) is -2.08. The molecule has 1 saturated heterocycles. The van der Waals surface area contributed by atoms with Gasteiger partial charge in [0.05, 0.1) is 19.6 Å². The molecule has 3 amide bonds. The first kappa shape index (κ1) is 17.2. The van der Waals surface area contributed by atoms with Crippen LogP contribution in [-0.2, 0) is 14.3 Å². The number of amides is 3.